The first kappa shape index (κ1) is 11.6. The van der Waals surface area contributed by atoms with Crippen molar-refractivity contribution in [3.8, 4) is 0 Å². The molecule has 0 aliphatic heterocycles. The molecule has 1 fully saturated rings. The van der Waals surface area contributed by atoms with Crippen LogP contribution in [-0.4, -0.2) is 34.8 Å². The van der Waals surface area contributed by atoms with Gasteiger partial charge in [-0.15, -0.1) is 5.10 Å². The van der Waals surface area contributed by atoms with Crippen LogP contribution in [0, 0.1) is 5.92 Å². The average molecular weight is 235 g/mol. The Labute approximate surface area is 100 Å². The van der Waals surface area contributed by atoms with E-state index >= 15 is 0 Å². The minimum Gasteiger partial charge on any atom is -0.409 e. The van der Waals surface area contributed by atoms with E-state index in [4.69, 9.17) is 10.9 Å². The summed E-state index contributed by atoms with van der Waals surface area (Å²) in [5, 5.41) is 19.7. The second kappa shape index (κ2) is 4.99. The highest BCUT2D eigenvalue weighted by atomic mass is 16.4. The minimum atomic E-state index is 0.0651. The normalized spacial score (nSPS) is 16.6. The summed E-state index contributed by atoms with van der Waals surface area (Å²) in [5.74, 6) is 1.45. The molecule has 17 heavy (non-hydrogen) atoms. The number of nitrogens with zero attached hydrogens (tertiary/aromatic N) is 4. The van der Waals surface area contributed by atoms with Gasteiger partial charge in [-0.25, -0.2) is 0 Å². The summed E-state index contributed by atoms with van der Waals surface area (Å²) >= 11 is 0. The van der Waals surface area contributed by atoms with E-state index in [0.717, 1.165) is 12.5 Å². The Morgan fingerprint density at radius 1 is 1.65 bits per heavy atom. The monoisotopic (exact) mass is 235 g/mol. The summed E-state index contributed by atoms with van der Waals surface area (Å²) < 4.78 is 0. The van der Waals surface area contributed by atoms with Gasteiger partial charge in [0, 0.05) is 13.6 Å². The standard InChI is InChI=1S/C11H17N5O/c1-16(7-8-3-2-4-8)11-9(10(12)15-17)5-6-13-14-11/h5-6,8,17H,2-4,7H2,1H3,(H2,12,15). The van der Waals surface area contributed by atoms with E-state index in [1.807, 2.05) is 11.9 Å². The molecule has 1 aromatic heterocycles. The molecule has 1 aliphatic carbocycles. The zero-order valence-corrected chi connectivity index (χ0v) is 9.87. The maximum absolute atomic E-state index is 8.73. The number of rotatable bonds is 4. The van der Waals surface area contributed by atoms with Crippen molar-refractivity contribution in [2.24, 2.45) is 16.8 Å². The van der Waals surface area contributed by atoms with Crippen molar-refractivity contribution in [3.63, 3.8) is 0 Å². The molecule has 0 amide bonds. The van der Waals surface area contributed by atoms with Gasteiger partial charge in [0.25, 0.3) is 0 Å². The largest absolute Gasteiger partial charge is 0.409 e. The number of amidine groups is 1. The molecule has 0 spiro atoms. The van der Waals surface area contributed by atoms with Crippen LogP contribution < -0.4 is 10.6 Å². The molecule has 1 saturated carbocycles. The van der Waals surface area contributed by atoms with Gasteiger partial charge >= 0.3 is 0 Å². The third-order valence-electron chi connectivity index (χ3n) is 3.20. The first-order chi connectivity index (χ1) is 8.22. The lowest BCUT2D eigenvalue weighted by molar-refractivity contribution is 0.318. The zero-order chi connectivity index (χ0) is 12.3. The Hall–Kier alpha value is -1.85. The van der Waals surface area contributed by atoms with Crippen LogP contribution in [0.15, 0.2) is 17.4 Å². The first-order valence-electron chi connectivity index (χ1n) is 5.73. The molecule has 1 aromatic rings. The number of anilines is 1. The second-order valence-electron chi connectivity index (χ2n) is 4.43. The summed E-state index contributed by atoms with van der Waals surface area (Å²) in [6.45, 7) is 0.935. The Bertz CT molecular complexity index is 416. The lowest BCUT2D eigenvalue weighted by Crippen LogP contribution is -2.32. The number of nitrogens with two attached hydrogens (primary N) is 1. The van der Waals surface area contributed by atoms with Crippen molar-refractivity contribution in [3.05, 3.63) is 17.8 Å². The molecule has 0 saturated heterocycles. The van der Waals surface area contributed by atoms with Crippen molar-refractivity contribution in [2.45, 2.75) is 19.3 Å². The van der Waals surface area contributed by atoms with Gasteiger partial charge in [0.15, 0.2) is 11.7 Å². The van der Waals surface area contributed by atoms with Crippen molar-refractivity contribution in [2.75, 3.05) is 18.5 Å². The molecule has 0 atom stereocenters. The van der Waals surface area contributed by atoms with Crippen LogP contribution in [0.1, 0.15) is 24.8 Å². The van der Waals surface area contributed by atoms with Gasteiger partial charge < -0.3 is 15.8 Å². The van der Waals surface area contributed by atoms with Crippen LogP contribution in [-0.2, 0) is 0 Å². The SMILES string of the molecule is CN(CC1CCC1)c1nnccc1/C(N)=N/O. The average Bonchev–Trinajstić information content (AvgIpc) is 2.32. The summed E-state index contributed by atoms with van der Waals surface area (Å²) in [6.07, 6.45) is 5.38. The molecule has 3 N–H and O–H groups in total. The number of hydrogen-bond donors (Lipinski definition) is 2. The van der Waals surface area contributed by atoms with Crippen LogP contribution in [0.3, 0.4) is 0 Å². The molecule has 1 heterocycles. The third kappa shape index (κ3) is 2.46. The Morgan fingerprint density at radius 3 is 3.00 bits per heavy atom. The highest BCUT2D eigenvalue weighted by Gasteiger charge is 2.21. The molecule has 92 valence electrons. The van der Waals surface area contributed by atoms with Crippen molar-refractivity contribution in [1.29, 1.82) is 0 Å². The minimum absolute atomic E-state index is 0.0651. The molecule has 0 aromatic carbocycles. The maximum atomic E-state index is 8.73. The Morgan fingerprint density at radius 2 is 2.41 bits per heavy atom. The van der Waals surface area contributed by atoms with E-state index in [9.17, 15) is 0 Å². The molecule has 0 radical (unpaired) electrons. The van der Waals surface area contributed by atoms with E-state index < -0.39 is 0 Å². The molecule has 6 nitrogen and oxygen atoms in total. The third-order valence-corrected chi connectivity index (χ3v) is 3.20. The van der Waals surface area contributed by atoms with E-state index in [1.165, 1.54) is 25.5 Å². The van der Waals surface area contributed by atoms with Gasteiger partial charge in [-0.05, 0) is 24.8 Å². The summed E-state index contributed by atoms with van der Waals surface area (Å²) in [5.41, 5.74) is 6.23. The highest BCUT2D eigenvalue weighted by Crippen LogP contribution is 2.28. The Kier molecular flexibility index (Phi) is 3.41. The highest BCUT2D eigenvalue weighted by molar-refractivity contribution is 6.01. The summed E-state index contributed by atoms with van der Waals surface area (Å²) in [7, 11) is 1.95. The van der Waals surface area contributed by atoms with Crippen LogP contribution in [0.5, 0.6) is 0 Å². The quantitative estimate of drug-likeness (QED) is 0.349. The fraction of sp³-hybridized carbons (Fsp3) is 0.545. The number of hydrogen-bond acceptors (Lipinski definition) is 5. The van der Waals surface area contributed by atoms with E-state index in [0.29, 0.717) is 11.4 Å². The molecular weight excluding hydrogens is 218 g/mol. The van der Waals surface area contributed by atoms with Gasteiger partial charge in [0.05, 0.1) is 11.8 Å². The fourth-order valence-electron chi connectivity index (χ4n) is 2.01. The predicted molar refractivity (Wildman–Crippen MR) is 65.2 cm³/mol. The maximum Gasteiger partial charge on any atom is 0.173 e. The Balaban J connectivity index is 2.18. The van der Waals surface area contributed by atoms with E-state index in [2.05, 4.69) is 15.4 Å². The van der Waals surface area contributed by atoms with Gasteiger partial charge in [0.2, 0.25) is 0 Å². The lowest BCUT2D eigenvalue weighted by atomic mass is 9.85. The molecule has 1 aliphatic rings. The van der Waals surface area contributed by atoms with Crippen LogP contribution in [0.25, 0.3) is 0 Å². The van der Waals surface area contributed by atoms with Crippen LogP contribution in [0.4, 0.5) is 5.82 Å². The lowest BCUT2D eigenvalue weighted by Gasteiger charge is -2.31. The summed E-state index contributed by atoms with van der Waals surface area (Å²) in [6, 6.07) is 1.70. The second-order valence-corrected chi connectivity index (χ2v) is 4.43. The molecule has 0 unspecified atom stereocenters. The molecule has 0 bridgehead atoms. The molecule has 2 rings (SSSR count). The summed E-state index contributed by atoms with van der Waals surface area (Å²) in [4.78, 5) is 2.02. The van der Waals surface area contributed by atoms with Crippen LogP contribution >= 0.6 is 0 Å². The van der Waals surface area contributed by atoms with Gasteiger partial charge in [-0.2, -0.15) is 5.10 Å². The smallest absolute Gasteiger partial charge is 0.173 e. The van der Waals surface area contributed by atoms with E-state index in [1.54, 1.807) is 6.07 Å². The van der Waals surface area contributed by atoms with Crippen molar-refractivity contribution >= 4 is 11.7 Å². The first-order valence-corrected chi connectivity index (χ1v) is 5.73. The fourth-order valence-corrected chi connectivity index (χ4v) is 2.01. The topological polar surface area (TPSA) is 87.6 Å². The van der Waals surface area contributed by atoms with Crippen molar-refractivity contribution < 1.29 is 5.21 Å². The molecule has 6 heteroatoms. The van der Waals surface area contributed by atoms with Gasteiger partial charge in [-0.1, -0.05) is 11.6 Å². The molecular formula is C11H17N5O. The number of aromatic nitrogens is 2. The van der Waals surface area contributed by atoms with E-state index in [-0.39, 0.29) is 5.84 Å². The van der Waals surface area contributed by atoms with Gasteiger partial charge in [-0.3, -0.25) is 0 Å². The van der Waals surface area contributed by atoms with Gasteiger partial charge in [0.1, 0.15) is 0 Å². The number of oxime groups is 1. The zero-order valence-electron chi connectivity index (χ0n) is 9.87. The van der Waals surface area contributed by atoms with Crippen molar-refractivity contribution in [1.82, 2.24) is 10.2 Å². The van der Waals surface area contributed by atoms with Crippen LogP contribution in [0.2, 0.25) is 0 Å². The predicted octanol–water partition coefficient (Wildman–Crippen LogP) is 0.807.